The van der Waals surface area contributed by atoms with E-state index < -0.39 is 0 Å². The average Bonchev–Trinajstić information content (AvgIpc) is 2.35. The van der Waals surface area contributed by atoms with Gasteiger partial charge in [0.15, 0.2) is 0 Å². The average molecular weight is 237 g/mol. The predicted molar refractivity (Wildman–Crippen MR) is 72.9 cm³/mol. The predicted octanol–water partition coefficient (Wildman–Crippen LogP) is 2.83. The van der Waals surface area contributed by atoms with Gasteiger partial charge in [0.05, 0.1) is 0 Å². The number of hydrogen-bond acceptors (Lipinski definition) is 2. The van der Waals surface area contributed by atoms with Gasteiger partial charge >= 0.3 is 0 Å². The highest BCUT2D eigenvalue weighted by Crippen LogP contribution is 2.26. The highest BCUT2D eigenvalue weighted by Gasteiger charge is 2.28. The standard InChI is InChI=1S/C15H27NO/c1-4-6-7-8-15(16-10-5-2)14-9-11-17-12-13(14)3/h13-16H,5,7-12H2,1-3H3. The van der Waals surface area contributed by atoms with Crippen molar-refractivity contribution in [2.45, 2.75) is 52.5 Å². The number of ether oxygens (including phenoxy) is 1. The van der Waals surface area contributed by atoms with E-state index in [-0.39, 0.29) is 0 Å². The quantitative estimate of drug-likeness (QED) is 0.717. The van der Waals surface area contributed by atoms with Gasteiger partial charge in [-0.3, -0.25) is 0 Å². The first-order valence-electron chi connectivity index (χ1n) is 7.00. The molecule has 98 valence electrons. The summed E-state index contributed by atoms with van der Waals surface area (Å²) in [5.74, 6) is 7.61. The zero-order chi connectivity index (χ0) is 12.5. The zero-order valence-corrected chi connectivity index (χ0v) is 11.6. The molecule has 1 saturated heterocycles. The van der Waals surface area contributed by atoms with E-state index in [4.69, 9.17) is 4.74 Å². The van der Waals surface area contributed by atoms with Gasteiger partial charge in [-0.05, 0) is 44.6 Å². The summed E-state index contributed by atoms with van der Waals surface area (Å²) in [6.07, 6.45) is 4.59. The summed E-state index contributed by atoms with van der Waals surface area (Å²) in [6, 6.07) is 0.620. The maximum Gasteiger partial charge on any atom is 0.0494 e. The van der Waals surface area contributed by atoms with Crippen molar-refractivity contribution in [1.29, 1.82) is 0 Å². The van der Waals surface area contributed by atoms with Crippen molar-refractivity contribution in [2.24, 2.45) is 11.8 Å². The van der Waals surface area contributed by atoms with E-state index >= 15 is 0 Å². The minimum atomic E-state index is 0.620. The maximum atomic E-state index is 5.54. The molecule has 1 heterocycles. The van der Waals surface area contributed by atoms with Gasteiger partial charge < -0.3 is 10.1 Å². The zero-order valence-electron chi connectivity index (χ0n) is 11.6. The van der Waals surface area contributed by atoms with Crippen LogP contribution >= 0.6 is 0 Å². The molecule has 1 aliphatic heterocycles. The molecule has 0 spiro atoms. The third kappa shape index (κ3) is 5.10. The van der Waals surface area contributed by atoms with E-state index in [1.165, 1.54) is 19.3 Å². The first kappa shape index (κ1) is 14.5. The highest BCUT2D eigenvalue weighted by molar-refractivity contribution is 4.96. The lowest BCUT2D eigenvalue weighted by molar-refractivity contribution is 0.0100. The van der Waals surface area contributed by atoms with Gasteiger partial charge in [-0.25, -0.2) is 0 Å². The topological polar surface area (TPSA) is 21.3 Å². The van der Waals surface area contributed by atoms with Gasteiger partial charge in [0.25, 0.3) is 0 Å². The van der Waals surface area contributed by atoms with E-state index in [2.05, 4.69) is 31.0 Å². The first-order chi connectivity index (χ1) is 8.29. The lowest BCUT2D eigenvalue weighted by atomic mass is 9.81. The Kier molecular flexibility index (Phi) is 7.32. The van der Waals surface area contributed by atoms with Gasteiger partial charge in [0.1, 0.15) is 0 Å². The summed E-state index contributed by atoms with van der Waals surface area (Å²) in [5, 5.41) is 3.71. The smallest absolute Gasteiger partial charge is 0.0494 e. The Morgan fingerprint density at radius 1 is 1.47 bits per heavy atom. The summed E-state index contributed by atoms with van der Waals surface area (Å²) in [7, 11) is 0. The molecule has 0 saturated carbocycles. The third-order valence-corrected chi connectivity index (χ3v) is 3.64. The van der Waals surface area contributed by atoms with Crippen molar-refractivity contribution in [1.82, 2.24) is 5.32 Å². The Bertz CT molecular complexity index is 253. The van der Waals surface area contributed by atoms with Gasteiger partial charge in [-0.15, -0.1) is 11.8 Å². The van der Waals surface area contributed by atoms with Crippen LogP contribution in [0.15, 0.2) is 0 Å². The second-order valence-corrected chi connectivity index (χ2v) is 5.03. The summed E-state index contributed by atoms with van der Waals surface area (Å²) in [5.41, 5.74) is 0. The molecule has 0 bridgehead atoms. The van der Waals surface area contributed by atoms with Crippen LogP contribution in [0.5, 0.6) is 0 Å². The fourth-order valence-electron chi connectivity index (χ4n) is 2.64. The van der Waals surface area contributed by atoms with Crippen LogP contribution in [0.25, 0.3) is 0 Å². The van der Waals surface area contributed by atoms with Crippen LogP contribution < -0.4 is 5.32 Å². The number of hydrogen-bond donors (Lipinski definition) is 1. The largest absolute Gasteiger partial charge is 0.381 e. The van der Waals surface area contributed by atoms with Crippen molar-refractivity contribution in [3.63, 3.8) is 0 Å². The van der Waals surface area contributed by atoms with Crippen LogP contribution in [0, 0.1) is 23.7 Å². The van der Waals surface area contributed by atoms with E-state index in [1.807, 2.05) is 6.92 Å². The molecule has 0 aromatic rings. The minimum Gasteiger partial charge on any atom is -0.381 e. The van der Waals surface area contributed by atoms with Crippen molar-refractivity contribution in [3.05, 3.63) is 0 Å². The summed E-state index contributed by atoms with van der Waals surface area (Å²) in [4.78, 5) is 0. The summed E-state index contributed by atoms with van der Waals surface area (Å²) >= 11 is 0. The van der Waals surface area contributed by atoms with E-state index in [0.29, 0.717) is 12.0 Å². The number of nitrogens with one attached hydrogen (secondary N) is 1. The molecule has 2 nitrogen and oxygen atoms in total. The molecule has 3 unspecified atom stereocenters. The van der Waals surface area contributed by atoms with Crippen LogP contribution in [0.3, 0.4) is 0 Å². The molecule has 1 rings (SSSR count). The lowest BCUT2D eigenvalue weighted by Crippen LogP contribution is -2.43. The Morgan fingerprint density at radius 2 is 2.29 bits per heavy atom. The van der Waals surface area contributed by atoms with Gasteiger partial charge in [-0.2, -0.15) is 0 Å². The van der Waals surface area contributed by atoms with Gasteiger partial charge in [0, 0.05) is 25.7 Å². The van der Waals surface area contributed by atoms with Gasteiger partial charge in [0.2, 0.25) is 0 Å². The van der Waals surface area contributed by atoms with Crippen LogP contribution in [0.4, 0.5) is 0 Å². The molecule has 0 radical (unpaired) electrons. The van der Waals surface area contributed by atoms with Crippen LogP contribution in [0.2, 0.25) is 0 Å². The molecule has 0 aliphatic carbocycles. The Balaban J connectivity index is 2.48. The Labute approximate surface area is 107 Å². The van der Waals surface area contributed by atoms with Crippen molar-refractivity contribution in [2.75, 3.05) is 19.8 Å². The van der Waals surface area contributed by atoms with Gasteiger partial charge in [-0.1, -0.05) is 13.8 Å². The fraction of sp³-hybridized carbons (Fsp3) is 0.867. The summed E-state index contributed by atoms with van der Waals surface area (Å²) in [6.45, 7) is 9.44. The molecule has 2 heteroatoms. The Morgan fingerprint density at radius 3 is 2.94 bits per heavy atom. The molecule has 1 fully saturated rings. The maximum absolute atomic E-state index is 5.54. The molecule has 0 aromatic heterocycles. The Hall–Kier alpha value is -0.520. The molecule has 1 aliphatic rings. The SMILES string of the molecule is CC#CCCC(NCCC)C1CCOCC1C. The molecular formula is C15H27NO. The normalized spacial score (nSPS) is 26.1. The van der Waals surface area contributed by atoms with Crippen LogP contribution in [-0.2, 0) is 4.74 Å². The van der Waals surface area contributed by atoms with E-state index in [0.717, 1.165) is 32.1 Å². The van der Waals surface area contributed by atoms with Crippen LogP contribution in [0.1, 0.15) is 46.5 Å². The van der Waals surface area contributed by atoms with E-state index in [1.54, 1.807) is 0 Å². The summed E-state index contributed by atoms with van der Waals surface area (Å²) < 4.78 is 5.54. The lowest BCUT2D eigenvalue weighted by Gasteiger charge is -2.35. The molecule has 0 amide bonds. The second-order valence-electron chi connectivity index (χ2n) is 5.03. The monoisotopic (exact) mass is 237 g/mol. The van der Waals surface area contributed by atoms with Crippen LogP contribution in [-0.4, -0.2) is 25.8 Å². The third-order valence-electron chi connectivity index (χ3n) is 3.64. The second kappa shape index (κ2) is 8.55. The van der Waals surface area contributed by atoms with E-state index in [9.17, 15) is 0 Å². The first-order valence-corrected chi connectivity index (χ1v) is 7.00. The van der Waals surface area contributed by atoms with Crippen molar-refractivity contribution in [3.8, 4) is 11.8 Å². The minimum absolute atomic E-state index is 0.620. The molecule has 3 atom stereocenters. The fourth-order valence-corrected chi connectivity index (χ4v) is 2.64. The number of rotatable bonds is 6. The molecule has 17 heavy (non-hydrogen) atoms. The highest BCUT2D eigenvalue weighted by atomic mass is 16.5. The molecule has 1 N–H and O–H groups in total. The molecular weight excluding hydrogens is 210 g/mol. The molecule has 0 aromatic carbocycles. The van der Waals surface area contributed by atoms with Crippen molar-refractivity contribution < 1.29 is 4.74 Å². The van der Waals surface area contributed by atoms with Crippen molar-refractivity contribution >= 4 is 0 Å².